The minimum Gasteiger partial charge on any atom is -0.325 e. The van der Waals surface area contributed by atoms with E-state index in [0.29, 0.717) is 4.47 Å². The third-order valence-electron chi connectivity index (χ3n) is 3.53. The third-order valence-corrected chi connectivity index (χ3v) is 4.10. The van der Waals surface area contributed by atoms with E-state index in [4.69, 9.17) is 0 Å². The Hall–Kier alpha value is -1.88. The van der Waals surface area contributed by atoms with E-state index in [-0.39, 0.29) is 23.4 Å². The van der Waals surface area contributed by atoms with Gasteiger partial charge in [-0.05, 0) is 57.6 Å². The molecule has 2 aromatic rings. The molecular formula is C18H21BrN2O2. The Bertz CT molecular complexity index is 771. The number of anilines is 1. The fraction of sp³-hybridized carbons (Fsp3) is 0.333. The second kappa shape index (κ2) is 6.71. The van der Waals surface area contributed by atoms with Crippen LogP contribution in [0, 0.1) is 6.92 Å². The van der Waals surface area contributed by atoms with Gasteiger partial charge in [-0.25, -0.2) is 0 Å². The van der Waals surface area contributed by atoms with Crippen LogP contribution in [0.4, 0.5) is 5.69 Å². The van der Waals surface area contributed by atoms with Gasteiger partial charge in [0.15, 0.2) is 0 Å². The van der Waals surface area contributed by atoms with Crippen LogP contribution in [0.1, 0.15) is 31.9 Å². The number of carbonyl (C=O) groups is 1. The number of halogens is 1. The maximum atomic E-state index is 12.2. The van der Waals surface area contributed by atoms with Gasteiger partial charge in [0, 0.05) is 11.9 Å². The predicted molar refractivity (Wildman–Crippen MR) is 96.9 cm³/mol. The highest BCUT2D eigenvalue weighted by Gasteiger charge is 2.13. The number of amides is 1. The second-order valence-electron chi connectivity index (χ2n) is 6.67. The van der Waals surface area contributed by atoms with E-state index < -0.39 is 0 Å². The van der Waals surface area contributed by atoms with Crippen molar-refractivity contribution in [3.05, 3.63) is 62.5 Å². The molecule has 0 unspecified atom stereocenters. The number of nitrogens with one attached hydrogen (secondary N) is 1. The molecule has 0 atom stereocenters. The number of aryl methyl sites for hydroxylation is 1. The van der Waals surface area contributed by atoms with Crippen molar-refractivity contribution in [2.45, 2.75) is 39.7 Å². The molecule has 2 rings (SSSR count). The monoisotopic (exact) mass is 376 g/mol. The third kappa shape index (κ3) is 4.55. The fourth-order valence-electron chi connectivity index (χ4n) is 2.27. The molecule has 0 radical (unpaired) electrons. The highest BCUT2D eigenvalue weighted by molar-refractivity contribution is 9.10. The lowest BCUT2D eigenvalue weighted by Gasteiger charge is -2.19. The molecule has 0 bridgehead atoms. The highest BCUT2D eigenvalue weighted by atomic mass is 79.9. The van der Waals surface area contributed by atoms with Gasteiger partial charge < -0.3 is 9.88 Å². The molecule has 0 saturated heterocycles. The van der Waals surface area contributed by atoms with Crippen LogP contribution >= 0.6 is 15.9 Å². The number of hydrogen-bond donors (Lipinski definition) is 1. The highest BCUT2D eigenvalue weighted by Crippen LogP contribution is 2.23. The van der Waals surface area contributed by atoms with Gasteiger partial charge in [-0.3, -0.25) is 9.59 Å². The van der Waals surface area contributed by atoms with Gasteiger partial charge in [-0.2, -0.15) is 0 Å². The van der Waals surface area contributed by atoms with Crippen LogP contribution in [0.2, 0.25) is 0 Å². The Morgan fingerprint density at radius 1 is 1.22 bits per heavy atom. The topological polar surface area (TPSA) is 51.1 Å². The molecule has 0 spiro atoms. The molecule has 1 aromatic heterocycles. The molecule has 1 heterocycles. The zero-order valence-electron chi connectivity index (χ0n) is 13.8. The Morgan fingerprint density at radius 2 is 1.83 bits per heavy atom. The summed E-state index contributed by atoms with van der Waals surface area (Å²) in [6.07, 6.45) is 1.68. The zero-order chi connectivity index (χ0) is 17.2. The van der Waals surface area contributed by atoms with Crippen molar-refractivity contribution >= 4 is 27.5 Å². The lowest BCUT2D eigenvalue weighted by molar-refractivity contribution is -0.116. The van der Waals surface area contributed by atoms with Gasteiger partial charge in [0.25, 0.3) is 5.56 Å². The first kappa shape index (κ1) is 17.5. The molecule has 0 aliphatic carbocycles. The molecular weight excluding hydrogens is 356 g/mol. The maximum Gasteiger partial charge on any atom is 0.265 e. The summed E-state index contributed by atoms with van der Waals surface area (Å²) in [5, 5.41) is 2.82. The molecule has 4 nitrogen and oxygen atoms in total. The van der Waals surface area contributed by atoms with Crippen molar-refractivity contribution in [3.63, 3.8) is 0 Å². The predicted octanol–water partition coefficient (Wildman–Crippen LogP) is 3.86. The van der Waals surface area contributed by atoms with E-state index in [0.717, 1.165) is 11.3 Å². The first-order chi connectivity index (χ1) is 10.7. The van der Waals surface area contributed by atoms with E-state index in [1.54, 1.807) is 12.3 Å². The van der Waals surface area contributed by atoms with Gasteiger partial charge in [0.05, 0.1) is 4.47 Å². The minimum absolute atomic E-state index is 0.0138. The number of benzene rings is 1. The molecule has 122 valence electrons. The second-order valence-corrected chi connectivity index (χ2v) is 7.53. The van der Waals surface area contributed by atoms with Gasteiger partial charge in [-0.1, -0.05) is 32.9 Å². The number of hydrogen-bond acceptors (Lipinski definition) is 2. The first-order valence-corrected chi connectivity index (χ1v) is 8.23. The standard InChI is InChI=1S/C18H21BrN2O2/c1-12-9-15(19)17(23)21(10-12)11-16(22)20-14-7-5-13(6-8-14)18(2,3)4/h5-10H,11H2,1-4H3,(H,20,22). The average Bonchev–Trinajstić information content (AvgIpc) is 2.43. The average molecular weight is 377 g/mol. The summed E-state index contributed by atoms with van der Waals surface area (Å²) >= 11 is 3.22. The number of rotatable bonds is 3. The number of carbonyl (C=O) groups excluding carboxylic acids is 1. The van der Waals surface area contributed by atoms with E-state index in [9.17, 15) is 9.59 Å². The van der Waals surface area contributed by atoms with Crippen molar-refractivity contribution in [1.29, 1.82) is 0 Å². The van der Waals surface area contributed by atoms with Crippen LogP contribution in [-0.4, -0.2) is 10.5 Å². The van der Waals surface area contributed by atoms with Crippen LogP contribution in [0.5, 0.6) is 0 Å². The smallest absolute Gasteiger partial charge is 0.265 e. The van der Waals surface area contributed by atoms with E-state index in [1.165, 1.54) is 10.1 Å². The van der Waals surface area contributed by atoms with Gasteiger partial charge in [0.1, 0.15) is 6.54 Å². The zero-order valence-corrected chi connectivity index (χ0v) is 15.4. The van der Waals surface area contributed by atoms with Gasteiger partial charge >= 0.3 is 0 Å². The molecule has 0 saturated carbocycles. The summed E-state index contributed by atoms with van der Waals surface area (Å²) in [6.45, 7) is 8.29. The van der Waals surface area contributed by atoms with Crippen molar-refractivity contribution in [1.82, 2.24) is 4.57 Å². The van der Waals surface area contributed by atoms with Crippen LogP contribution in [0.15, 0.2) is 45.8 Å². The van der Waals surface area contributed by atoms with Crippen molar-refractivity contribution in [3.8, 4) is 0 Å². The summed E-state index contributed by atoms with van der Waals surface area (Å²) < 4.78 is 1.86. The summed E-state index contributed by atoms with van der Waals surface area (Å²) in [5.41, 5.74) is 2.70. The lowest BCUT2D eigenvalue weighted by atomic mass is 9.87. The van der Waals surface area contributed by atoms with Crippen LogP contribution in [-0.2, 0) is 16.8 Å². The summed E-state index contributed by atoms with van der Waals surface area (Å²) in [5.74, 6) is -0.229. The number of pyridine rings is 1. The molecule has 1 aromatic carbocycles. The maximum absolute atomic E-state index is 12.2. The fourth-order valence-corrected chi connectivity index (χ4v) is 2.86. The SMILES string of the molecule is Cc1cc(Br)c(=O)n(CC(=O)Nc2ccc(C(C)(C)C)cc2)c1. The van der Waals surface area contributed by atoms with E-state index in [2.05, 4.69) is 42.0 Å². The number of nitrogens with zero attached hydrogens (tertiary/aromatic N) is 1. The molecule has 1 N–H and O–H groups in total. The summed E-state index contributed by atoms with van der Waals surface area (Å²) in [4.78, 5) is 24.2. The molecule has 5 heteroatoms. The summed E-state index contributed by atoms with van der Waals surface area (Å²) in [6, 6.07) is 9.51. The van der Waals surface area contributed by atoms with Crippen molar-refractivity contribution in [2.75, 3.05) is 5.32 Å². The summed E-state index contributed by atoms with van der Waals surface area (Å²) in [7, 11) is 0. The quantitative estimate of drug-likeness (QED) is 0.883. The van der Waals surface area contributed by atoms with Crippen LogP contribution in [0.25, 0.3) is 0 Å². The van der Waals surface area contributed by atoms with Crippen LogP contribution < -0.4 is 10.9 Å². The Balaban J connectivity index is 2.10. The minimum atomic E-state index is -0.229. The molecule has 0 fully saturated rings. The molecule has 0 aliphatic heterocycles. The van der Waals surface area contributed by atoms with E-state index >= 15 is 0 Å². The Kier molecular flexibility index (Phi) is 5.09. The van der Waals surface area contributed by atoms with Gasteiger partial charge in [-0.15, -0.1) is 0 Å². The first-order valence-electron chi connectivity index (χ1n) is 7.44. The molecule has 23 heavy (non-hydrogen) atoms. The van der Waals surface area contributed by atoms with E-state index in [1.807, 2.05) is 31.2 Å². The van der Waals surface area contributed by atoms with Crippen LogP contribution in [0.3, 0.4) is 0 Å². The molecule has 0 aliphatic rings. The molecule has 1 amide bonds. The number of aromatic nitrogens is 1. The van der Waals surface area contributed by atoms with Crippen molar-refractivity contribution in [2.24, 2.45) is 0 Å². The Labute approximate surface area is 144 Å². The lowest BCUT2D eigenvalue weighted by Crippen LogP contribution is -2.28. The van der Waals surface area contributed by atoms with Gasteiger partial charge in [0.2, 0.25) is 5.91 Å². The largest absolute Gasteiger partial charge is 0.325 e. The normalized spacial score (nSPS) is 11.3. The van der Waals surface area contributed by atoms with Crippen molar-refractivity contribution < 1.29 is 4.79 Å². The Morgan fingerprint density at radius 3 is 2.39 bits per heavy atom.